The molecule has 188 valence electrons. The van der Waals surface area contributed by atoms with E-state index in [-0.39, 0.29) is 24.4 Å². The van der Waals surface area contributed by atoms with Crippen molar-refractivity contribution in [2.45, 2.75) is 52.8 Å². The third-order valence-corrected chi connectivity index (χ3v) is 8.14. The number of thioether (sulfide) groups is 1. The number of hydrogen-bond donors (Lipinski definition) is 1. The van der Waals surface area contributed by atoms with Crippen LogP contribution in [0.15, 0.2) is 17.3 Å². The number of anilines is 1. The average Bonchev–Trinajstić information content (AvgIpc) is 3.29. The number of halogens is 1. The second-order valence-corrected chi connectivity index (χ2v) is 10.6. The van der Waals surface area contributed by atoms with Gasteiger partial charge in [0.15, 0.2) is 17.1 Å². The van der Waals surface area contributed by atoms with E-state index in [9.17, 15) is 9.59 Å². The number of nitrogens with one attached hydrogen (secondary N) is 1. The average molecular weight is 537 g/mol. The summed E-state index contributed by atoms with van der Waals surface area (Å²) in [5, 5.41) is 13.1. The van der Waals surface area contributed by atoms with Gasteiger partial charge in [0.25, 0.3) is 0 Å². The molecule has 35 heavy (non-hydrogen) atoms. The normalized spacial score (nSPS) is 11.9. The van der Waals surface area contributed by atoms with E-state index in [0.717, 1.165) is 26.6 Å². The van der Waals surface area contributed by atoms with Crippen molar-refractivity contribution in [3.8, 4) is 5.75 Å². The number of benzene rings is 1. The molecule has 0 fully saturated rings. The van der Waals surface area contributed by atoms with Crippen molar-refractivity contribution < 1.29 is 19.1 Å². The van der Waals surface area contributed by atoms with Crippen molar-refractivity contribution in [1.82, 2.24) is 14.8 Å². The summed E-state index contributed by atoms with van der Waals surface area (Å²) in [6.45, 7) is 11.5. The van der Waals surface area contributed by atoms with Gasteiger partial charge >= 0.3 is 5.97 Å². The lowest BCUT2D eigenvalue weighted by molar-refractivity contribution is -0.113. The van der Waals surface area contributed by atoms with E-state index in [1.807, 2.05) is 58.4 Å². The minimum atomic E-state index is -0.435. The summed E-state index contributed by atoms with van der Waals surface area (Å²) in [7, 11) is 1.83. The maximum atomic E-state index is 12.7. The maximum Gasteiger partial charge on any atom is 0.341 e. The molecule has 1 unspecified atom stereocenters. The Balaban J connectivity index is 1.65. The lowest BCUT2D eigenvalue weighted by atomic mass is 10.1. The highest BCUT2D eigenvalue weighted by Crippen LogP contribution is 2.33. The molecule has 2 aromatic heterocycles. The van der Waals surface area contributed by atoms with Crippen LogP contribution in [0.2, 0.25) is 5.02 Å². The Bertz CT molecular complexity index is 1230. The van der Waals surface area contributed by atoms with Gasteiger partial charge in [-0.2, -0.15) is 0 Å². The van der Waals surface area contributed by atoms with Crippen LogP contribution in [-0.4, -0.2) is 39.0 Å². The van der Waals surface area contributed by atoms with Crippen LogP contribution in [-0.2, 0) is 16.6 Å². The van der Waals surface area contributed by atoms with E-state index in [2.05, 4.69) is 15.5 Å². The summed E-state index contributed by atoms with van der Waals surface area (Å²) in [5.41, 5.74) is 3.11. The van der Waals surface area contributed by atoms with Gasteiger partial charge in [-0.05, 0) is 70.4 Å². The predicted octanol–water partition coefficient (Wildman–Crippen LogP) is 5.81. The quantitative estimate of drug-likeness (QED) is 0.272. The fourth-order valence-electron chi connectivity index (χ4n) is 3.49. The fourth-order valence-corrected chi connectivity index (χ4v) is 5.39. The van der Waals surface area contributed by atoms with E-state index in [0.29, 0.717) is 27.3 Å². The molecule has 3 rings (SSSR count). The number of carbonyl (C=O) groups excluding carboxylic acids is 2. The smallest absolute Gasteiger partial charge is 0.341 e. The number of aromatic nitrogens is 3. The lowest BCUT2D eigenvalue weighted by Crippen LogP contribution is -2.17. The summed E-state index contributed by atoms with van der Waals surface area (Å²) >= 11 is 8.86. The zero-order chi connectivity index (χ0) is 25.9. The minimum Gasteiger partial charge on any atom is -0.483 e. The van der Waals surface area contributed by atoms with Crippen LogP contribution in [0.5, 0.6) is 5.75 Å². The van der Waals surface area contributed by atoms with Crippen molar-refractivity contribution >= 4 is 51.6 Å². The third-order valence-electron chi connectivity index (χ3n) is 5.41. The molecule has 11 heteroatoms. The van der Waals surface area contributed by atoms with Crippen molar-refractivity contribution in [2.24, 2.45) is 7.05 Å². The summed E-state index contributed by atoms with van der Waals surface area (Å²) in [5.74, 6) is 0.757. The third kappa shape index (κ3) is 6.17. The summed E-state index contributed by atoms with van der Waals surface area (Å²) in [4.78, 5) is 26.0. The van der Waals surface area contributed by atoms with E-state index in [1.165, 1.54) is 23.1 Å². The van der Waals surface area contributed by atoms with Crippen LogP contribution >= 0.6 is 34.7 Å². The summed E-state index contributed by atoms with van der Waals surface area (Å²) in [6, 6.07) is 3.78. The Hall–Kier alpha value is -2.56. The molecule has 2 heterocycles. The Morgan fingerprint density at radius 2 is 1.86 bits per heavy atom. The second-order valence-electron chi connectivity index (χ2n) is 8.08. The Morgan fingerprint density at radius 3 is 2.49 bits per heavy atom. The number of esters is 1. The second kappa shape index (κ2) is 11.5. The first-order chi connectivity index (χ1) is 16.5. The van der Waals surface area contributed by atoms with Gasteiger partial charge in [0.05, 0.1) is 17.9 Å². The number of aryl methyl sites for hydroxylation is 3. The molecule has 0 aliphatic rings. The van der Waals surface area contributed by atoms with E-state index < -0.39 is 5.97 Å². The predicted molar refractivity (Wildman–Crippen MR) is 140 cm³/mol. The van der Waals surface area contributed by atoms with Gasteiger partial charge in [-0.25, -0.2) is 4.79 Å². The number of hydrogen-bond acceptors (Lipinski definition) is 8. The highest BCUT2D eigenvalue weighted by molar-refractivity contribution is 7.99. The highest BCUT2D eigenvalue weighted by atomic mass is 35.5. The van der Waals surface area contributed by atoms with Gasteiger partial charge in [0.1, 0.15) is 10.8 Å². The van der Waals surface area contributed by atoms with Crippen LogP contribution in [0.1, 0.15) is 57.7 Å². The van der Waals surface area contributed by atoms with Crippen molar-refractivity contribution in [3.63, 3.8) is 0 Å². The Labute approximate surface area is 218 Å². The highest BCUT2D eigenvalue weighted by Gasteiger charge is 2.23. The molecule has 0 saturated carbocycles. The van der Waals surface area contributed by atoms with E-state index >= 15 is 0 Å². The molecular formula is C24H29ClN4O4S2. The van der Waals surface area contributed by atoms with Gasteiger partial charge in [-0.1, -0.05) is 23.4 Å². The largest absolute Gasteiger partial charge is 0.483 e. The van der Waals surface area contributed by atoms with E-state index in [1.54, 1.807) is 6.92 Å². The number of nitrogens with zero attached hydrogens (tertiary/aromatic N) is 3. The zero-order valence-electron chi connectivity index (χ0n) is 20.8. The molecule has 1 N–H and O–H groups in total. The van der Waals surface area contributed by atoms with Crippen molar-refractivity contribution in [1.29, 1.82) is 0 Å². The number of ether oxygens (including phenoxy) is 2. The van der Waals surface area contributed by atoms with Gasteiger partial charge in [0.2, 0.25) is 5.91 Å². The van der Waals surface area contributed by atoms with Crippen LogP contribution in [0.25, 0.3) is 0 Å². The molecule has 1 amide bonds. The Kier molecular flexibility index (Phi) is 8.84. The van der Waals surface area contributed by atoms with E-state index in [4.69, 9.17) is 21.1 Å². The molecule has 0 radical (unpaired) electrons. The Morgan fingerprint density at radius 1 is 1.20 bits per heavy atom. The molecule has 8 nitrogen and oxygen atoms in total. The SMILES string of the molecule is CCOC(=O)c1c(NC(=O)CSc2nnc(C(C)Oc3cc(C)c(Cl)c(C)c3)n2C)sc(C)c1C. The summed E-state index contributed by atoms with van der Waals surface area (Å²) in [6.07, 6.45) is -0.361. The van der Waals surface area contributed by atoms with Gasteiger partial charge in [-0.15, -0.1) is 21.5 Å². The molecule has 3 aromatic rings. The van der Waals surface area contributed by atoms with Crippen molar-refractivity contribution in [3.05, 3.63) is 50.1 Å². The van der Waals surface area contributed by atoms with Crippen LogP contribution in [0.3, 0.4) is 0 Å². The fraction of sp³-hybridized carbons (Fsp3) is 0.417. The number of amides is 1. The maximum absolute atomic E-state index is 12.7. The molecule has 0 spiro atoms. The van der Waals surface area contributed by atoms with Crippen LogP contribution in [0.4, 0.5) is 5.00 Å². The first-order valence-electron chi connectivity index (χ1n) is 11.1. The van der Waals surface area contributed by atoms with Gasteiger partial charge in [-0.3, -0.25) is 4.79 Å². The lowest BCUT2D eigenvalue weighted by Gasteiger charge is -2.16. The molecule has 1 atom stereocenters. The van der Waals surface area contributed by atoms with Gasteiger partial charge in [0, 0.05) is 16.9 Å². The first-order valence-corrected chi connectivity index (χ1v) is 13.2. The molecule has 1 aromatic carbocycles. The molecule has 0 aliphatic heterocycles. The summed E-state index contributed by atoms with van der Waals surface area (Å²) < 4.78 is 13.0. The van der Waals surface area contributed by atoms with Crippen LogP contribution < -0.4 is 10.1 Å². The standard InChI is InChI=1S/C24H29ClN4O4S2/c1-8-32-23(31)19-14(4)16(6)35-22(19)26-18(30)11-34-24-28-27-21(29(24)7)15(5)33-17-9-12(2)20(25)13(3)10-17/h9-10,15H,8,11H2,1-7H3,(H,26,30). The topological polar surface area (TPSA) is 95.3 Å². The first kappa shape index (κ1) is 27.0. The molecule has 0 saturated heterocycles. The molecule has 0 bridgehead atoms. The minimum absolute atomic E-state index is 0.106. The molecule has 0 aliphatic carbocycles. The molecular weight excluding hydrogens is 508 g/mol. The van der Waals surface area contributed by atoms with Crippen molar-refractivity contribution in [2.75, 3.05) is 17.7 Å². The number of rotatable bonds is 9. The van der Waals surface area contributed by atoms with Crippen LogP contribution in [0, 0.1) is 27.7 Å². The zero-order valence-corrected chi connectivity index (χ0v) is 23.2. The van der Waals surface area contributed by atoms with Gasteiger partial charge < -0.3 is 19.4 Å². The number of thiophene rings is 1. The monoisotopic (exact) mass is 536 g/mol. The number of carbonyl (C=O) groups is 2.